The largest absolute Gasteiger partial charge is 0.444 e. The Morgan fingerprint density at radius 2 is 1.81 bits per heavy atom. The third-order valence-electron chi connectivity index (χ3n) is 4.79. The van der Waals surface area contributed by atoms with E-state index in [0.717, 1.165) is 12.0 Å². The first-order valence-electron chi connectivity index (χ1n) is 10.1. The van der Waals surface area contributed by atoms with Gasteiger partial charge in [-0.1, -0.05) is 68.5 Å². The van der Waals surface area contributed by atoms with Crippen LogP contribution >= 0.6 is 0 Å². The molecular formula is C23H33NO3. The van der Waals surface area contributed by atoms with Crippen molar-refractivity contribution in [3.8, 4) is 0 Å². The van der Waals surface area contributed by atoms with Crippen LogP contribution in [-0.4, -0.2) is 23.5 Å². The highest BCUT2D eigenvalue weighted by Gasteiger charge is 2.23. The topological polar surface area (TPSA) is 55.4 Å². The van der Waals surface area contributed by atoms with Gasteiger partial charge in [0, 0.05) is 6.42 Å². The van der Waals surface area contributed by atoms with Crippen molar-refractivity contribution in [2.75, 3.05) is 0 Å². The molecule has 4 heteroatoms. The fourth-order valence-electron chi connectivity index (χ4n) is 3.44. The van der Waals surface area contributed by atoms with Crippen molar-refractivity contribution in [3.63, 3.8) is 0 Å². The van der Waals surface area contributed by atoms with E-state index < -0.39 is 17.7 Å². The van der Waals surface area contributed by atoms with Gasteiger partial charge in [-0.15, -0.1) is 0 Å². The smallest absolute Gasteiger partial charge is 0.408 e. The van der Waals surface area contributed by atoms with E-state index in [2.05, 4.69) is 5.32 Å². The average Bonchev–Trinajstić information content (AvgIpc) is 2.61. The summed E-state index contributed by atoms with van der Waals surface area (Å²) in [7, 11) is 0. The molecule has 1 aromatic rings. The van der Waals surface area contributed by atoms with Crippen molar-refractivity contribution in [2.24, 2.45) is 5.92 Å². The number of rotatable bonds is 7. The van der Waals surface area contributed by atoms with Crippen LogP contribution in [0.3, 0.4) is 0 Å². The van der Waals surface area contributed by atoms with Gasteiger partial charge in [-0.05, 0) is 44.7 Å². The van der Waals surface area contributed by atoms with Crippen LogP contribution in [0.2, 0.25) is 0 Å². The second-order valence-corrected chi connectivity index (χ2v) is 8.43. The van der Waals surface area contributed by atoms with Crippen molar-refractivity contribution in [2.45, 2.75) is 77.4 Å². The second-order valence-electron chi connectivity index (χ2n) is 8.43. The van der Waals surface area contributed by atoms with E-state index in [1.807, 2.05) is 57.2 Å². The van der Waals surface area contributed by atoms with Gasteiger partial charge in [0.2, 0.25) is 0 Å². The molecule has 1 N–H and O–H groups in total. The number of carbonyl (C=O) groups excluding carboxylic acids is 2. The lowest BCUT2D eigenvalue weighted by Gasteiger charge is -2.23. The van der Waals surface area contributed by atoms with E-state index in [9.17, 15) is 9.59 Å². The van der Waals surface area contributed by atoms with Crippen molar-refractivity contribution in [3.05, 3.63) is 48.0 Å². The molecule has 2 rings (SSSR count). The van der Waals surface area contributed by atoms with Gasteiger partial charge >= 0.3 is 6.09 Å². The first kappa shape index (κ1) is 21.2. The molecule has 0 radical (unpaired) electrons. The van der Waals surface area contributed by atoms with Crippen LogP contribution < -0.4 is 5.32 Å². The highest BCUT2D eigenvalue weighted by Crippen LogP contribution is 2.26. The van der Waals surface area contributed by atoms with Crippen molar-refractivity contribution in [1.82, 2.24) is 5.32 Å². The molecule has 0 aromatic heterocycles. The monoisotopic (exact) mass is 371 g/mol. The van der Waals surface area contributed by atoms with Gasteiger partial charge in [0.25, 0.3) is 0 Å². The number of amides is 1. The average molecular weight is 372 g/mol. The van der Waals surface area contributed by atoms with Crippen LogP contribution in [0.25, 0.3) is 0 Å². The lowest BCUT2D eigenvalue weighted by atomic mass is 9.87. The third kappa shape index (κ3) is 8.42. The highest BCUT2D eigenvalue weighted by atomic mass is 16.6. The summed E-state index contributed by atoms with van der Waals surface area (Å²) in [6.07, 6.45) is 10.9. The summed E-state index contributed by atoms with van der Waals surface area (Å²) in [5.41, 5.74) is 0.411. The van der Waals surface area contributed by atoms with E-state index in [4.69, 9.17) is 4.74 Å². The number of nitrogens with one attached hydrogen (secondary N) is 1. The number of hydrogen-bond donors (Lipinski definition) is 1. The number of ether oxygens (including phenoxy) is 1. The van der Waals surface area contributed by atoms with Gasteiger partial charge in [-0.2, -0.15) is 0 Å². The Balaban J connectivity index is 1.98. The fourth-order valence-corrected chi connectivity index (χ4v) is 3.44. The molecule has 4 nitrogen and oxygen atoms in total. The Hall–Kier alpha value is -2.10. The molecule has 148 valence electrons. The zero-order valence-electron chi connectivity index (χ0n) is 16.9. The Labute approximate surface area is 163 Å². The highest BCUT2D eigenvalue weighted by molar-refractivity contribution is 5.96. The Morgan fingerprint density at radius 1 is 1.15 bits per heavy atom. The zero-order chi connectivity index (χ0) is 19.7. The molecule has 1 amide bonds. The molecule has 0 saturated heterocycles. The van der Waals surface area contributed by atoms with Crippen LogP contribution in [-0.2, 0) is 16.0 Å². The zero-order valence-corrected chi connectivity index (χ0v) is 16.9. The molecule has 1 fully saturated rings. The van der Waals surface area contributed by atoms with Gasteiger partial charge in [-0.3, -0.25) is 4.79 Å². The summed E-state index contributed by atoms with van der Waals surface area (Å²) in [6, 6.07) is 9.11. The molecule has 27 heavy (non-hydrogen) atoms. The predicted molar refractivity (Wildman–Crippen MR) is 109 cm³/mol. The first-order valence-corrected chi connectivity index (χ1v) is 10.1. The molecular weight excluding hydrogens is 338 g/mol. The van der Waals surface area contributed by atoms with Gasteiger partial charge in [0.05, 0.1) is 6.04 Å². The van der Waals surface area contributed by atoms with Crippen molar-refractivity contribution >= 4 is 11.9 Å². The number of allylic oxidation sites excluding steroid dienone is 1. The maximum atomic E-state index is 12.7. The normalized spacial score (nSPS) is 16.9. The van der Waals surface area contributed by atoms with E-state index in [1.54, 1.807) is 6.08 Å². The van der Waals surface area contributed by atoms with Gasteiger partial charge < -0.3 is 10.1 Å². The van der Waals surface area contributed by atoms with Crippen molar-refractivity contribution < 1.29 is 14.3 Å². The minimum atomic E-state index is -0.621. The molecule has 1 atom stereocenters. The SMILES string of the molecule is CC(C)(C)OC(=O)N[C@@H](Cc1ccccc1)C(=O)/C=C/CC1CCCCC1. The Morgan fingerprint density at radius 3 is 2.44 bits per heavy atom. The van der Waals surface area contributed by atoms with Crippen LogP contribution in [0.5, 0.6) is 0 Å². The van der Waals surface area contributed by atoms with E-state index in [0.29, 0.717) is 12.3 Å². The molecule has 1 aromatic carbocycles. The third-order valence-corrected chi connectivity index (χ3v) is 4.79. The molecule has 1 aliphatic carbocycles. The van der Waals surface area contributed by atoms with E-state index in [1.165, 1.54) is 32.1 Å². The van der Waals surface area contributed by atoms with Gasteiger partial charge in [0.15, 0.2) is 5.78 Å². The number of hydrogen-bond acceptors (Lipinski definition) is 3. The summed E-state index contributed by atoms with van der Waals surface area (Å²) >= 11 is 0. The summed E-state index contributed by atoms with van der Waals surface area (Å²) in [4.78, 5) is 24.9. The Kier molecular flexibility index (Phi) is 8.08. The standard InChI is InChI=1S/C23H33NO3/c1-23(2,3)27-22(26)24-20(17-19-13-8-5-9-14-19)21(25)16-10-15-18-11-6-4-7-12-18/h5,8-10,13-14,16,18,20H,4,6-7,11-12,15,17H2,1-3H3,(H,24,26)/b16-10+/t20-/m0/s1. The summed E-state index contributed by atoms with van der Waals surface area (Å²) < 4.78 is 5.33. The predicted octanol–water partition coefficient (Wildman–Crippen LogP) is 5.22. The van der Waals surface area contributed by atoms with Gasteiger partial charge in [0.1, 0.15) is 5.60 Å². The van der Waals surface area contributed by atoms with E-state index in [-0.39, 0.29) is 5.78 Å². The molecule has 0 bridgehead atoms. The maximum absolute atomic E-state index is 12.7. The molecule has 0 unspecified atom stereocenters. The van der Waals surface area contributed by atoms with E-state index >= 15 is 0 Å². The lowest BCUT2D eigenvalue weighted by Crippen LogP contribution is -2.44. The number of ketones is 1. The molecule has 1 saturated carbocycles. The first-order chi connectivity index (χ1) is 12.8. The summed E-state index contributed by atoms with van der Waals surface area (Å²) in [6.45, 7) is 5.43. The fraction of sp³-hybridized carbons (Fsp3) is 0.565. The molecule has 0 spiro atoms. The quantitative estimate of drug-likeness (QED) is 0.669. The minimum Gasteiger partial charge on any atom is -0.444 e. The maximum Gasteiger partial charge on any atom is 0.408 e. The minimum absolute atomic E-state index is 0.0829. The molecule has 0 aliphatic heterocycles. The summed E-state index contributed by atoms with van der Waals surface area (Å²) in [5, 5.41) is 2.75. The molecule has 1 aliphatic rings. The second kappa shape index (κ2) is 10.3. The Bertz CT molecular complexity index is 625. The number of benzene rings is 1. The molecule has 0 heterocycles. The van der Waals surface area contributed by atoms with Crippen LogP contribution in [0.15, 0.2) is 42.5 Å². The van der Waals surface area contributed by atoms with Gasteiger partial charge in [-0.25, -0.2) is 4.79 Å². The summed E-state index contributed by atoms with van der Waals surface area (Å²) in [5.74, 6) is 0.606. The van der Waals surface area contributed by atoms with Crippen molar-refractivity contribution in [1.29, 1.82) is 0 Å². The lowest BCUT2D eigenvalue weighted by molar-refractivity contribution is -0.116. The number of carbonyl (C=O) groups is 2. The van der Waals surface area contributed by atoms with Crippen LogP contribution in [0, 0.1) is 5.92 Å². The number of alkyl carbamates (subject to hydrolysis) is 1. The van der Waals surface area contributed by atoms with Crippen LogP contribution in [0.1, 0.15) is 64.9 Å². The van der Waals surface area contributed by atoms with Crippen LogP contribution in [0.4, 0.5) is 4.79 Å².